The van der Waals surface area contributed by atoms with Crippen molar-refractivity contribution in [2.45, 2.75) is 6.42 Å². The molecule has 0 saturated carbocycles. The highest BCUT2D eigenvalue weighted by atomic mass is 16.6. The van der Waals surface area contributed by atoms with Crippen LogP contribution in [0.2, 0.25) is 0 Å². The fourth-order valence-electron chi connectivity index (χ4n) is 3.25. The Morgan fingerprint density at radius 1 is 0.886 bits per heavy atom. The lowest BCUT2D eigenvalue weighted by Crippen LogP contribution is -2.37. The van der Waals surface area contributed by atoms with E-state index in [-0.39, 0.29) is 11.6 Å². The highest BCUT2D eigenvalue weighted by Gasteiger charge is 2.17. The normalized spacial score (nSPS) is 10.2. The van der Waals surface area contributed by atoms with Crippen molar-refractivity contribution in [3.05, 3.63) is 88.5 Å². The van der Waals surface area contributed by atoms with Crippen LogP contribution in [-0.4, -0.2) is 44.2 Å². The van der Waals surface area contributed by atoms with Crippen molar-refractivity contribution >= 4 is 29.0 Å². The molecule has 10 heteroatoms. The molecular formula is C25H26N4O6. The van der Waals surface area contributed by atoms with Crippen LogP contribution in [0.25, 0.3) is 0 Å². The van der Waals surface area contributed by atoms with Crippen molar-refractivity contribution in [3.8, 4) is 11.5 Å². The summed E-state index contributed by atoms with van der Waals surface area (Å²) in [5, 5.41) is 16.5. The number of hydrogen-bond donors (Lipinski definition) is 2. The number of non-ortho nitro benzene ring substituents is 1. The average Bonchev–Trinajstić information content (AvgIpc) is 2.89. The van der Waals surface area contributed by atoms with Gasteiger partial charge >= 0.3 is 6.03 Å². The van der Waals surface area contributed by atoms with Crippen LogP contribution in [0.3, 0.4) is 0 Å². The fraction of sp³-hybridized carbons (Fsp3) is 0.200. The van der Waals surface area contributed by atoms with Gasteiger partial charge in [0.05, 0.1) is 19.1 Å². The molecule has 3 amide bonds. The summed E-state index contributed by atoms with van der Waals surface area (Å²) in [6.45, 7) is 0.663. The van der Waals surface area contributed by atoms with Gasteiger partial charge in [0, 0.05) is 42.2 Å². The van der Waals surface area contributed by atoms with Gasteiger partial charge in [0.25, 0.3) is 11.6 Å². The number of amides is 3. The van der Waals surface area contributed by atoms with Crippen LogP contribution in [0, 0.1) is 10.1 Å². The van der Waals surface area contributed by atoms with Gasteiger partial charge in [-0.1, -0.05) is 0 Å². The summed E-state index contributed by atoms with van der Waals surface area (Å²) in [5.41, 5.74) is 1.50. The second-order valence-electron chi connectivity index (χ2n) is 7.42. The topological polar surface area (TPSA) is 123 Å². The molecule has 0 fully saturated rings. The first kappa shape index (κ1) is 25.0. The third-order valence-corrected chi connectivity index (χ3v) is 5.15. The number of benzene rings is 3. The van der Waals surface area contributed by atoms with Gasteiger partial charge < -0.3 is 20.1 Å². The van der Waals surface area contributed by atoms with Gasteiger partial charge in [-0.2, -0.15) is 0 Å². The maximum Gasteiger partial charge on any atom is 0.326 e. The van der Waals surface area contributed by atoms with Crippen LogP contribution in [-0.2, 0) is 0 Å². The summed E-state index contributed by atoms with van der Waals surface area (Å²) in [4.78, 5) is 37.3. The number of ether oxygens (including phenoxy) is 2. The third kappa shape index (κ3) is 6.94. The summed E-state index contributed by atoms with van der Waals surface area (Å²) in [6.07, 6.45) is 0.488. The summed E-state index contributed by atoms with van der Waals surface area (Å²) in [6, 6.07) is 18.9. The molecule has 10 nitrogen and oxygen atoms in total. The number of carbonyl (C=O) groups excluding carboxylic acids is 2. The zero-order chi connectivity index (χ0) is 25.2. The van der Waals surface area contributed by atoms with Gasteiger partial charge in [-0.05, 0) is 67.1 Å². The van der Waals surface area contributed by atoms with E-state index >= 15 is 0 Å². The van der Waals surface area contributed by atoms with Gasteiger partial charge in [-0.25, -0.2) is 4.79 Å². The zero-order valence-electron chi connectivity index (χ0n) is 19.4. The second-order valence-corrected chi connectivity index (χ2v) is 7.42. The summed E-state index contributed by atoms with van der Waals surface area (Å²) in [5.74, 6) is 1.09. The number of nitrogens with one attached hydrogen (secondary N) is 2. The Morgan fingerprint density at radius 3 is 2.00 bits per heavy atom. The quantitative estimate of drug-likeness (QED) is 0.252. The van der Waals surface area contributed by atoms with E-state index in [0.29, 0.717) is 47.9 Å². The molecule has 0 aliphatic heterocycles. The maximum atomic E-state index is 13.0. The zero-order valence-corrected chi connectivity index (χ0v) is 19.4. The van der Waals surface area contributed by atoms with Gasteiger partial charge in [-0.3, -0.25) is 19.8 Å². The van der Waals surface area contributed by atoms with Crippen molar-refractivity contribution < 1.29 is 24.0 Å². The summed E-state index contributed by atoms with van der Waals surface area (Å²) in [7, 11) is 3.11. The number of nitrogens with zero attached hydrogens (tertiary/aromatic N) is 2. The highest BCUT2D eigenvalue weighted by Crippen LogP contribution is 2.22. The van der Waals surface area contributed by atoms with E-state index in [1.165, 1.54) is 29.2 Å². The first-order valence-corrected chi connectivity index (χ1v) is 10.8. The van der Waals surface area contributed by atoms with E-state index in [9.17, 15) is 19.7 Å². The van der Waals surface area contributed by atoms with Crippen LogP contribution in [0.1, 0.15) is 16.8 Å². The molecular weight excluding hydrogens is 452 g/mol. The third-order valence-electron chi connectivity index (χ3n) is 5.15. The van der Waals surface area contributed by atoms with Crippen molar-refractivity contribution in [1.29, 1.82) is 0 Å². The lowest BCUT2D eigenvalue weighted by molar-refractivity contribution is -0.384. The average molecular weight is 479 g/mol. The minimum atomic E-state index is -0.504. The van der Waals surface area contributed by atoms with E-state index in [2.05, 4.69) is 10.6 Å². The molecule has 0 spiro atoms. The number of urea groups is 1. The van der Waals surface area contributed by atoms with Gasteiger partial charge in [0.2, 0.25) is 0 Å². The van der Waals surface area contributed by atoms with Crippen LogP contribution >= 0.6 is 0 Å². The van der Waals surface area contributed by atoms with Gasteiger partial charge in [0.1, 0.15) is 11.5 Å². The van der Waals surface area contributed by atoms with Crippen molar-refractivity contribution in [2.24, 2.45) is 0 Å². The number of hydrogen-bond acceptors (Lipinski definition) is 6. The number of nitro benzene ring substituents is 1. The molecule has 0 heterocycles. The lowest BCUT2D eigenvalue weighted by Gasteiger charge is -2.23. The molecule has 0 aliphatic carbocycles. The van der Waals surface area contributed by atoms with E-state index in [0.717, 1.165) is 0 Å². The number of carbonyl (C=O) groups is 2. The number of rotatable bonds is 10. The molecule has 0 unspecified atom stereocenters. The smallest absolute Gasteiger partial charge is 0.326 e. The largest absolute Gasteiger partial charge is 0.497 e. The van der Waals surface area contributed by atoms with Crippen LogP contribution in [0.5, 0.6) is 11.5 Å². The molecule has 0 bridgehead atoms. The predicted molar refractivity (Wildman–Crippen MR) is 132 cm³/mol. The first-order chi connectivity index (χ1) is 16.9. The molecule has 0 saturated heterocycles. The number of anilines is 2. The molecule has 35 heavy (non-hydrogen) atoms. The van der Waals surface area contributed by atoms with Crippen LogP contribution in [0.15, 0.2) is 72.8 Å². The minimum absolute atomic E-state index is 0.0670. The highest BCUT2D eigenvalue weighted by molar-refractivity contribution is 6.01. The van der Waals surface area contributed by atoms with E-state index in [4.69, 9.17) is 9.47 Å². The number of methoxy groups -OCH3 is 2. The van der Waals surface area contributed by atoms with E-state index < -0.39 is 11.0 Å². The fourth-order valence-corrected chi connectivity index (χ4v) is 3.25. The molecule has 2 N–H and O–H groups in total. The molecule has 0 aliphatic rings. The molecule has 182 valence electrons. The van der Waals surface area contributed by atoms with Crippen molar-refractivity contribution in [1.82, 2.24) is 5.32 Å². The predicted octanol–water partition coefficient (Wildman–Crippen LogP) is 4.47. The SMILES string of the molecule is COc1ccc(C(=O)NCCCN(C(=O)Nc2ccc([N+](=O)[O-])cc2)c2ccc(OC)cc2)cc1. The second kappa shape index (κ2) is 12.0. The van der Waals surface area contributed by atoms with Gasteiger partial charge in [0.15, 0.2) is 0 Å². The molecule has 3 rings (SSSR count). The minimum Gasteiger partial charge on any atom is -0.497 e. The Balaban J connectivity index is 1.64. The Labute approximate surface area is 202 Å². The standard InChI is InChI=1S/C25H26N4O6/c1-34-22-12-4-18(5-13-22)24(30)26-16-3-17-28(20-10-14-23(35-2)15-11-20)25(31)27-19-6-8-21(9-7-19)29(32)33/h4-15H,3,16-17H2,1-2H3,(H,26,30)(H,27,31). The number of nitro groups is 1. The molecule has 0 atom stereocenters. The van der Waals surface area contributed by atoms with Gasteiger partial charge in [-0.15, -0.1) is 0 Å². The Bertz CT molecular complexity index is 1150. The van der Waals surface area contributed by atoms with Crippen LogP contribution < -0.4 is 25.0 Å². The summed E-state index contributed by atoms with van der Waals surface area (Å²) < 4.78 is 10.3. The van der Waals surface area contributed by atoms with E-state index in [1.54, 1.807) is 62.8 Å². The summed E-state index contributed by atoms with van der Waals surface area (Å²) >= 11 is 0. The van der Waals surface area contributed by atoms with Crippen molar-refractivity contribution in [3.63, 3.8) is 0 Å². The molecule has 3 aromatic carbocycles. The lowest BCUT2D eigenvalue weighted by atomic mass is 10.2. The Morgan fingerprint density at radius 2 is 1.46 bits per heavy atom. The maximum absolute atomic E-state index is 13.0. The van der Waals surface area contributed by atoms with Crippen LogP contribution in [0.4, 0.5) is 21.9 Å². The molecule has 3 aromatic rings. The molecule has 0 aromatic heterocycles. The Hall–Kier alpha value is -4.60. The first-order valence-electron chi connectivity index (χ1n) is 10.8. The molecule has 0 radical (unpaired) electrons. The Kier molecular flexibility index (Phi) is 8.60. The van der Waals surface area contributed by atoms with E-state index in [1.807, 2.05) is 0 Å². The monoisotopic (exact) mass is 478 g/mol. The van der Waals surface area contributed by atoms with Crippen molar-refractivity contribution in [2.75, 3.05) is 37.5 Å².